The first-order valence-electron chi connectivity index (χ1n) is 18.0. The molecule has 7 N–H and O–H groups in total. The first kappa shape index (κ1) is 56.2. The Morgan fingerprint density at radius 3 is 1.54 bits per heavy atom. The van der Waals surface area contributed by atoms with Crippen molar-refractivity contribution in [2.24, 2.45) is 11.5 Å². The topological polar surface area (TPSA) is 226 Å². The number of aromatic hydroxyl groups is 2. The highest BCUT2D eigenvalue weighted by atomic mass is 32.1. The van der Waals surface area contributed by atoms with Crippen LogP contribution < -0.4 is 22.2 Å². The molecule has 0 fully saturated rings. The fourth-order valence-corrected chi connectivity index (χ4v) is 4.19. The third kappa shape index (κ3) is 26.7. The molecule has 324 valence electrons. The molecular formula is C38H64BN3O13S2. The summed E-state index contributed by atoms with van der Waals surface area (Å²) >= 11 is 6.56. The Hall–Kier alpha value is -2.92. The van der Waals surface area contributed by atoms with Gasteiger partial charge in [-0.05, 0) is 37.4 Å². The van der Waals surface area contributed by atoms with E-state index in [4.69, 9.17) is 53.8 Å². The van der Waals surface area contributed by atoms with Crippen LogP contribution in [0.3, 0.4) is 0 Å². The normalized spacial score (nSPS) is 10.3. The molecule has 1 heterocycles. The molecule has 0 saturated carbocycles. The minimum Gasteiger partial charge on any atom is -0.504 e. The second kappa shape index (κ2) is 39.9. The summed E-state index contributed by atoms with van der Waals surface area (Å²) in [4.78, 5) is 24.8. The number of phenolic OH excluding ortho intramolecular Hbond substituents is 2. The van der Waals surface area contributed by atoms with Crippen molar-refractivity contribution in [2.45, 2.75) is 14.4 Å². The number of thiol groups is 2. The quantitative estimate of drug-likeness (QED) is 0.0242. The Labute approximate surface area is 349 Å². The van der Waals surface area contributed by atoms with E-state index in [9.17, 15) is 19.8 Å². The first-order valence-corrected chi connectivity index (χ1v) is 19.4. The van der Waals surface area contributed by atoms with E-state index in [1.807, 2.05) is 6.92 Å². The van der Waals surface area contributed by atoms with E-state index in [2.05, 4.69) is 37.6 Å². The summed E-state index contributed by atoms with van der Waals surface area (Å²) in [5, 5.41) is 22.7. The minimum atomic E-state index is -0.506. The van der Waals surface area contributed by atoms with E-state index in [1.54, 1.807) is 30.5 Å². The molecule has 2 radical (unpaired) electrons. The van der Waals surface area contributed by atoms with E-state index in [-0.39, 0.29) is 41.2 Å². The van der Waals surface area contributed by atoms with Gasteiger partial charge in [0.25, 0.3) is 5.91 Å². The number of amides is 1. The van der Waals surface area contributed by atoms with Crippen LogP contribution in [0.25, 0.3) is 22.3 Å². The van der Waals surface area contributed by atoms with E-state index in [1.165, 1.54) is 18.2 Å². The Bertz CT molecular complexity index is 1430. The number of ether oxygens (including phenoxy) is 8. The number of rotatable bonds is 28. The smallest absolute Gasteiger partial charge is 0.251 e. The van der Waals surface area contributed by atoms with Gasteiger partial charge in [0.1, 0.15) is 5.76 Å². The van der Waals surface area contributed by atoms with Crippen LogP contribution >= 0.6 is 25.1 Å². The monoisotopic (exact) mass is 845 g/mol. The highest BCUT2D eigenvalue weighted by Crippen LogP contribution is 2.34. The summed E-state index contributed by atoms with van der Waals surface area (Å²) in [7, 11) is 4.19. The van der Waals surface area contributed by atoms with Crippen LogP contribution in [0.15, 0.2) is 51.7 Å². The lowest BCUT2D eigenvalue weighted by atomic mass is 10.1. The largest absolute Gasteiger partial charge is 0.504 e. The summed E-state index contributed by atoms with van der Waals surface area (Å²) in [6.07, 6.45) is 1.69. The molecule has 3 rings (SSSR count). The number of carbonyl (C=O) groups is 1. The molecule has 0 unspecified atom stereocenters. The molecule has 19 heteroatoms. The maximum Gasteiger partial charge on any atom is 0.251 e. The Morgan fingerprint density at radius 2 is 1.11 bits per heavy atom. The number of phenols is 2. The number of nitrogens with two attached hydrogens (primary N) is 2. The lowest BCUT2D eigenvalue weighted by molar-refractivity contribution is -0.0102. The van der Waals surface area contributed by atoms with Crippen molar-refractivity contribution < 1.29 is 57.3 Å². The molecule has 2 aromatic carbocycles. The van der Waals surface area contributed by atoms with Crippen LogP contribution in [0.1, 0.15) is 24.7 Å². The second-order valence-electron chi connectivity index (χ2n) is 10.7. The van der Waals surface area contributed by atoms with Crippen LogP contribution in [0.4, 0.5) is 0 Å². The van der Waals surface area contributed by atoms with Gasteiger partial charge in [0.15, 0.2) is 23.9 Å². The van der Waals surface area contributed by atoms with Crippen molar-refractivity contribution in [1.29, 1.82) is 0 Å². The fraction of sp³-hybridized carbons (Fsp3) is 0.579. The molecule has 1 aromatic heterocycles. The van der Waals surface area contributed by atoms with Gasteiger partial charge in [0.2, 0.25) is 5.75 Å². The number of nitrogens with one attached hydrogen (secondary N) is 1. The number of fused-ring (bicyclic) bond motifs is 1. The van der Waals surface area contributed by atoms with E-state index in [0.29, 0.717) is 130 Å². The fourth-order valence-electron chi connectivity index (χ4n) is 4.19. The van der Waals surface area contributed by atoms with Gasteiger partial charge in [0, 0.05) is 43.4 Å². The average molecular weight is 846 g/mol. The van der Waals surface area contributed by atoms with Crippen LogP contribution in [0, 0.1) is 0 Å². The molecule has 0 saturated heterocycles. The zero-order chi connectivity index (χ0) is 41.7. The number of hydrogen-bond donors (Lipinski definition) is 7. The molecule has 0 atom stereocenters. The summed E-state index contributed by atoms with van der Waals surface area (Å²) in [6.45, 7) is 11.8. The predicted octanol–water partition coefficient (Wildman–Crippen LogP) is 2.84. The molecule has 16 nitrogen and oxygen atoms in total. The molecule has 57 heavy (non-hydrogen) atoms. The van der Waals surface area contributed by atoms with Crippen LogP contribution in [-0.4, -0.2) is 155 Å². The van der Waals surface area contributed by atoms with Gasteiger partial charge in [0.05, 0.1) is 104 Å². The van der Waals surface area contributed by atoms with E-state index < -0.39 is 5.75 Å². The number of benzene rings is 2. The molecule has 0 bridgehead atoms. The second-order valence-corrected chi connectivity index (χ2v) is 10.7. The number of carbonyl (C=O) groups excluding carboxylic acids is 1. The van der Waals surface area contributed by atoms with Gasteiger partial charge in [-0.15, -0.1) is 0 Å². The molecular weight excluding hydrogens is 781 g/mol. The molecule has 0 aliphatic rings. The van der Waals surface area contributed by atoms with Gasteiger partial charge < -0.3 is 69.3 Å². The molecule has 0 spiro atoms. The van der Waals surface area contributed by atoms with Crippen LogP contribution in [0.2, 0.25) is 0 Å². The van der Waals surface area contributed by atoms with Crippen molar-refractivity contribution in [3.63, 3.8) is 0 Å². The highest BCUT2D eigenvalue weighted by Gasteiger charge is 2.14. The lowest BCUT2D eigenvalue weighted by Crippen LogP contribution is -2.27. The van der Waals surface area contributed by atoms with Crippen molar-refractivity contribution in [1.82, 2.24) is 5.32 Å². The SMILES string of the molecule is C.CCOCCOCCOCCN.CS.NCCOCCOCCOCCOCCOCCNC(=O)c1ccc(-c2cc(=O)c3ccc(O)c(O)c3o2)cc1.[B]S. The Balaban J connectivity index is 0. The summed E-state index contributed by atoms with van der Waals surface area (Å²) in [5.74, 6) is -0.978. The van der Waals surface area contributed by atoms with Gasteiger partial charge >= 0.3 is 0 Å². The molecule has 3 aromatic rings. The highest BCUT2D eigenvalue weighted by molar-refractivity contribution is 8.03. The maximum absolute atomic E-state index is 12.4. The van der Waals surface area contributed by atoms with Gasteiger partial charge in [-0.1, -0.05) is 19.6 Å². The third-order valence-electron chi connectivity index (χ3n) is 6.77. The lowest BCUT2D eigenvalue weighted by Gasteiger charge is -2.09. The van der Waals surface area contributed by atoms with Crippen molar-refractivity contribution in [3.05, 3.63) is 58.3 Å². The predicted molar refractivity (Wildman–Crippen MR) is 230 cm³/mol. The zero-order valence-corrected chi connectivity index (χ0v) is 34.3. The summed E-state index contributed by atoms with van der Waals surface area (Å²) in [5.41, 5.74) is 11.0. The first-order chi connectivity index (χ1) is 27.4. The van der Waals surface area contributed by atoms with Gasteiger partial charge in [-0.2, -0.15) is 12.6 Å². The minimum absolute atomic E-state index is 0. The van der Waals surface area contributed by atoms with Gasteiger partial charge in [-0.3, -0.25) is 9.59 Å². The molecule has 0 aliphatic heterocycles. The van der Waals surface area contributed by atoms with E-state index in [0.717, 1.165) is 6.61 Å². The Morgan fingerprint density at radius 1 is 0.684 bits per heavy atom. The average Bonchev–Trinajstić information content (AvgIpc) is 3.23. The van der Waals surface area contributed by atoms with E-state index >= 15 is 0 Å². The summed E-state index contributed by atoms with van der Waals surface area (Å²) < 4.78 is 47.8. The molecule has 0 aliphatic carbocycles. The molecule has 1 amide bonds. The maximum atomic E-state index is 12.4. The van der Waals surface area contributed by atoms with Gasteiger partial charge in [-0.25, -0.2) is 12.5 Å². The Kier molecular flexibility index (Phi) is 39.3. The van der Waals surface area contributed by atoms with Crippen LogP contribution in [0.5, 0.6) is 11.5 Å². The zero-order valence-electron chi connectivity index (χ0n) is 32.5. The standard InChI is InChI=1S/C28H36N2O10.C8H19NO3.CH4S.CH4.BHS/c29-7-9-35-11-13-37-15-17-39-18-16-38-14-12-36-10-8-30-28(34)21-3-1-20(2-4-21)25-19-24(32)22-5-6-23(31)26(33)27(22)40-25;1-2-10-5-6-12-8-7-11-4-3-9;1-2;;1-2/h1-6,19,31,33H,7-18,29H2,(H,30,34);2-9H2,1H3;2H,1H3;1H4;2H. The van der Waals surface area contributed by atoms with Crippen molar-refractivity contribution in [2.75, 3.05) is 132 Å². The summed E-state index contributed by atoms with van der Waals surface area (Å²) in [6, 6.07) is 10.3. The number of hydrogen-bond acceptors (Lipinski definition) is 17. The van der Waals surface area contributed by atoms with Crippen molar-refractivity contribution in [3.8, 4) is 22.8 Å². The van der Waals surface area contributed by atoms with Crippen LogP contribution in [-0.2, 0) is 37.9 Å². The third-order valence-corrected chi connectivity index (χ3v) is 6.77. The van der Waals surface area contributed by atoms with Crippen molar-refractivity contribution >= 4 is 49.1 Å².